The van der Waals surface area contributed by atoms with Crippen LogP contribution in [0.1, 0.15) is 17.4 Å². The second kappa shape index (κ2) is 7.58. The van der Waals surface area contributed by atoms with Crippen LogP contribution in [0, 0.1) is 0 Å². The topological polar surface area (TPSA) is 115 Å². The summed E-state index contributed by atoms with van der Waals surface area (Å²) in [5.41, 5.74) is 5.64. The van der Waals surface area contributed by atoms with Gasteiger partial charge in [0.2, 0.25) is 11.7 Å². The molecule has 3 rings (SSSR count). The summed E-state index contributed by atoms with van der Waals surface area (Å²) in [6.07, 6.45) is 3.22. The predicted octanol–water partition coefficient (Wildman–Crippen LogP) is 2.34. The third kappa shape index (κ3) is 4.01. The van der Waals surface area contributed by atoms with Gasteiger partial charge in [0.25, 0.3) is 5.91 Å². The summed E-state index contributed by atoms with van der Waals surface area (Å²) in [5, 5.41) is 3.99. The molecule has 128 valence electrons. The molecule has 0 atom stereocenters. The van der Waals surface area contributed by atoms with Crippen molar-refractivity contribution in [1.82, 2.24) is 25.5 Å². The van der Waals surface area contributed by atoms with E-state index >= 15 is 0 Å². The van der Waals surface area contributed by atoms with Crippen molar-refractivity contribution in [3.8, 4) is 17.3 Å². The molecule has 0 unspecified atom stereocenters. The average Bonchev–Trinajstić information content (AvgIpc) is 3.11. The molecule has 0 fully saturated rings. The molecule has 0 aliphatic heterocycles. The first-order chi connectivity index (χ1) is 12.2. The number of halogens is 1. The van der Waals surface area contributed by atoms with Crippen LogP contribution >= 0.6 is 11.6 Å². The molecule has 0 aromatic carbocycles. The summed E-state index contributed by atoms with van der Waals surface area (Å²) in [4.78, 5) is 24.3. The lowest BCUT2D eigenvalue weighted by Crippen LogP contribution is -2.30. The Morgan fingerprint density at radius 1 is 1.24 bits per heavy atom. The van der Waals surface area contributed by atoms with Crippen molar-refractivity contribution in [2.45, 2.75) is 6.92 Å². The monoisotopic (exact) mass is 360 g/mol. The molecule has 0 radical (unpaired) electrons. The molecule has 0 aliphatic rings. The molecule has 9 nitrogen and oxygen atoms in total. The number of carbonyl (C=O) groups is 1. The Hall–Kier alpha value is -3.20. The zero-order valence-corrected chi connectivity index (χ0v) is 13.8. The minimum atomic E-state index is -0.574. The molecule has 0 saturated carbocycles. The van der Waals surface area contributed by atoms with Gasteiger partial charge in [-0.05, 0) is 25.1 Å². The fourth-order valence-corrected chi connectivity index (χ4v) is 2.06. The van der Waals surface area contributed by atoms with Crippen molar-refractivity contribution in [1.29, 1.82) is 0 Å². The summed E-state index contributed by atoms with van der Waals surface area (Å²) >= 11 is 5.99. The van der Waals surface area contributed by atoms with Gasteiger partial charge < -0.3 is 9.26 Å². The number of aromatic nitrogens is 4. The molecule has 3 aromatic rings. The molecular weight excluding hydrogens is 348 g/mol. The minimum Gasteiger partial charge on any atom is -0.478 e. The highest BCUT2D eigenvalue weighted by Gasteiger charge is 2.15. The van der Waals surface area contributed by atoms with Gasteiger partial charge in [0.1, 0.15) is 0 Å². The number of nitrogens with zero attached hydrogens (tertiary/aromatic N) is 4. The Morgan fingerprint density at radius 3 is 2.80 bits per heavy atom. The van der Waals surface area contributed by atoms with E-state index in [0.29, 0.717) is 18.3 Å². The summed E-state index contributed by atoms with van der Waals surface area (Å²) < 4.78 is 10.3. The number of nitrogens with one attached hydrogen (secondary N) is 2. The molecule has 25 heavy (non-hydrogen) atoms. The van der Waals surface area contributed by atoms with Crippen LogP contribution < -0.4 is 15.6 Å². The standard InChI is InChI=1S/C15H13ClN6O3/c1-2-24-11-4-3-10(16)12(18-11)14(23)20-21-15-19-13(22-25-15)9-5-7-17-8-6-9/h3-8H,2H2,1H3,(H,20,23)(H,19,21,22). The average molecular weight is 361 g/mol. The summed E-state index contributed by atoms with van der Waals surface area (Å²) in [6.45, 7) is 2.24. The molecule has 3 aromatic heterocycles. The van der Waals surface area contributed by atoms with Crippen molar-refractivity contribution < 1.29 is 14.1 Å². The van der Waals surface area contributed by atoms with E-state index in [0.717, 1.165) is 5.56 Å². The largest absolute Gasteiger partial charge is 0.478 e. The lowest BCUT2D eigenvalue weighted by molar-refractivity contribution is 0.0955. The van der Waals surface area contributed by atoms with Crippen LogP contribution in [-0.2, 0) is 0 Å². The highest BCUT2D eigenvalue weighted by molar-refractivity contribution is 6.33. The van der Waals surface area contributed by atoms with Crippen molar-refractivity contribution in [3.05, 3.63) is 47.4 Å². The molecule has 3 heterocycles. The van der Waals surface area contributed by atoms with Gasteiger partial charge in [-0.25, -0.2) is 10.4 Å². The van der Waals surface area contributed by atoms with E-state index in [1.54, 1.807) is 30.6 Å². The first kappa shape index (κ1) is 16.7. The number of anilines is 1. The summed E-state index contributed by atoms with van der Waals surface area (Å²) in [5.74, 6) is 0.0821. The van der Waals surface area contributed by atoms with E-state index in [1.807, 2.05) is 6.92 Å². The van der Waals surface area contributed by atoms with E-state index < -0.39 is 5.91 Å². The van der Waals surface area contributed by atoms with E-state index in [1.165, 1.54) is 6.07 Å². The third-order valence-corrected chi connectivity index (χ3v) is 3.28. The number of hydrazine groups is 1. The Labute approximate surface area is 147 Å². The number of carbonyl (C=O) groups excluding carboxylic acids is 1. The number of pyridine rings is 2. The normalized spacial score (nSPS) is 10.3. The van der Waals surface area contributed by atoms with Gasteiger partial charge in [0.15, 0.2) is 5.69 Å². The van der Waals surface area contributed by atoms with E-state index in [9.17, 15) is 4.79 Å². The lowest BCUT2D eigenvalue weighted by atomic mass is 10.3. The van der Waals surface area contributed by atoms with E-state index in [-0.39, 0.29) is 16.7 Å². The van der Waals surface area contributed by atoms with Crippen LogP contribution in [0.3, 0.4) is 0 Å². The van der Waals surface area contributed by atoms with E-state index in [4.69, 9.17) is 20.9 Å². The Balaban J connectivity index is 1.67. The molecule has 0 aliphatic carbocycles. The maximum absolute atomic E-state index is 12.2. The number of hydrogen-bond acceptors (Lipinski definition) is 8. The van der Waals surface area contributed by atoms with Gasteiger partial charge in [0.05, 0.1) is 11.6 Å². The smallest absolute Gasteiger partial charge is 0.340 e. The molecular formula is C15H13ClN6O3. The van der Waals surface area contributed by atoms with Crippen LogP contribution in [0.4, 0.5) is 6.01 Å². The third-order valence-electron chi connectivity index (χ3n) is 2.98. The van der Waals surface area contributed by atoms with Crippen molar-refractivity contribution >= 4 is 23.5 Å². The van der Waals surface area contributed by atoms with Crippen LogP contribution in [0.5, 0.6) is 5.88 Å². The quantitative estimate of drug-likeness (QED) is 0.643. The summed E-state index contributed by atoms with van der Waals surface area (Å²) in [7, 11) is 0. The number of amides is 1. The second-order valence-corrected chi connectivity index (χ2v) is 5.06. The molecule has 1 amide bonds. The Morgan fingerprint density at radius 2 is 2.04 bits per heavy atom. The van der Waals surface area contributed by atoms with Crippen LogP contribution in [-0.4, -0.2) is 32.6 Å². The number of ether oxygens (including phenoxy) is 1. The van der Waals surface area contributed by atoms with Crippen LogP contribution in [0.2, 0.25) is 5.02 Å². The SMILES string of the molecule is CCOc1ccc(Cl)c(C(=O)NNc2nc(-c3ccncc3)no2)n1. The Bertz CT molecular complexity index is 871. The molecule has 0 spiro atoms. The number of rotatable bonds is 6. The van der Waals surface area contributed by atoms with Gasteiger partial charge in [-0.2, -0.15) is 4.98 Å². The predicted molar refractivity (Wildman–Crippen MR) is 89.0 cm³/mol. The lowest BCUT2D eigenvalue weighted by Gasteiger charge is -2.07. The van der Waals surface area contributed by atoms with Crippen LogP contribution in [0.15, 0.2) is 41.2 Å². The molecule has 2 N–H and O–H groups in total. The van der Waals surface area contributed by atoms with Crippen molar-refractivity contribution in [2.24, 2.45) is 0 Å². The zero-order chi connectivity index (χ0) is 17.6. The minimum absolute atomic E-state index is 0.00832. The van der Waals surface area contributed by atoms with Crippen molar-refractivity contribution in [3.63, 3.8) is 0 Å². The fraction of sp³-hybridized carbons (Fsp3) is 0.133. The van der Waals surface area contributed by atoms with Gasteiger partial charge in [-0.15, -0.1) is 0 Å². The van der Waals surface area contributed by atoms with Crippen LogP contribution in [0.25, 0.3) is 11.4 Å². The maximum atomic E-state index is 12.2. The molecule has 0 saturated heterocycles. The van der Waals surface area contributed by atoms with E-state index in [2.05, 4.69) is 31.0 Å². The fourth-order valence-electron chi connectivity index (χ4n) is 1.87. The highest BCUT2D eigenvalue weighted by Crippen LogP contribution is 2.19. The Kier molecular flexibility index (Phi) is 5.05. The zero-order valence-electron chi connectivity index (χ0n) is 13.1. The van der Waals surface area contributed by atoms with Gasteiger partial charge in [0, 0.05) is 24.0 Å². The maximum Gasteiger partial charge on any atom is 0.340 e. The van der Waals surface area contributed by atoms with Gasteiger partial charge >= 0.3 is 6.01 Å². The van der Waals surface area contributed by atoms with Crippen molar-refractivity contribution in [2.75, 3.05) is 12.0 Å². The highest BCUT2D eigenvalue weighted by atomic mass is 35.5. The first-order valence-corrected chi connectivity index (χ1v) is 7.65. The molecule has 0 bridgehead atoms. The second-order valence-electron chi connectivity index (χ2n) is 4.65. The van der Waals surface area contributed by atoms with Gasteiger partial charge in [-0.3, -0.25) is 15.2 Å². The first-order valence-electron chi connectivity index (χ1n) is 7.27. The van der Waals surface area contributed by atoms with Gasteiger partial charge in [-0.1, -0.05) is 16.8 Å². The molecule has 10 heteroatoms. The summed E-state index contributed by atoms with van der Waals surface area (Å²) in [6, 6.07) is 6.58. The number of hydrogen-bond donors (Lipinski definition) is 2.